The van der Waals surface area contributed by atoms with Crippen molar-refractivity contribution in [1.82, 2.24) is 4.72 Å². The predicted octanol–water partition coefficient (Wildman–Crippen LogP) is 4.17. The van der Waals surface area contributed by atoms with Gasteiger partial charge in [0.2, 0.25) is 15.9 Å². The monoisotopic (exact) mass is 456 g/mol. The maximum absolute atomic E-state index is 12.2. The molecule has 0 aromatic heterocycles. The van der Waals surface area contributed by atoms with Gasteiger partial charge in [0.05, 0.1) is 4.90 Å². The van der Waals surface area contributed by atoms with Crippen LogP contribution in [0.2, 0.25) is 5.02 Å². The quantitative estimate of drug-likeness (QED) is 0.370. The Kier molecular flexibility index (Phi) is 9.96. The van der Waals surface area contributed by atoms with Gasteiger partial charge in [-0.2, -0.15) is 0 Å². The number of nitrogens with one attached hydrogen (secondary N) is 2. The van der Waals surface area contributed by atoms with E-state index in [1.807, 2.05) is 31.2 Å². The Hall–Kier alpha value is -1.58. The lowest BCUT2D eigenvalue weighted by molar-refractivity contribution is -0.115. The zero-order chi connectivity index (χ0) is 21.1. The van der Waals surface area contributed by atoms with Gasteiger partial charge in [-0.25, -0.2) is 13.1 Å². The minimum Gasteiger partial charge on any atom is -0.382 e. The molecule has 0 aliphatic heterocycles. The van der Waals surface area contributed by atoms with E-state index in [1.165, 1.54) is 12.1 Å². The van der Waals surface area contributed by atoms with Crippen LogP contribution in [0.5, 0.6) is 0 Å². The van der Waals surface area contributed by atoms with Crippen molar-refractivity contribution >= 4 is 45.0 Å². The highest BCUT2D eigenvalue weighted by Gasteiger charge is 2.13. The van der Waals surface area contributed by atoms with Gasteiger partial charge in [0, 0.05) is 47.5 Å². The number of hydrogen-bond acceptors (Lipinski definition) is 5. The van der Waals surface area contributed by atoms with Gasteiger partial charge >= 0.3 is 0 Å². The second-order valence-corrected chi connectivity index (χ2v) is 9.44. The van der Waals surface area contributed by atoms with Crippen molar-refractivity contribution < 1.29 is 17.9 Å². The maximum atomic E-state index is 12.2. The zero-order valence-corrected chi connectivity index (χ0v) is 18.6. The van der Waals surface area contributed by atoms with Gasteiger partial charge in [-0.1, -0.05) is 11.6 Å². The van der Waals surface area contributed by atoms with Crippen LogP contribution in [0.3, 0.4) is 0 Å². The van der Waals surface area contributed by atoms with E-state index in [-0.39, 0.29) is 10.8 Å². The SMILES string of the molecule is CCOCCCNS(=O)(=O)c1ccc(NC(=O)CCSc2ccc(Cl)cc2)cc1. The second-order valence-electron chi connectivity index (χ2n) is 6.07. The largest absolute Gasteiger partial charge is 0.382 e. The minimum absolute atomic E-state index is 0.129. The summed E-state index contributed by atoms with van der Waals surface area (Å²) in [6.07, 6.45) is 0.948. The van der Waals surface area contributed by atoms with Crippen LogP contribution < -0.4 is 10.0 Å². The summed E-state index contributed by atoms with van der Waals surface area (Å²) in [6.45, 7) is 3.33. The zero-order valence-electron chi connectivity index (χ0n) is 16.2. The lowest BCUT2D eigenvalue weighted by atomic mass is 10.3. The highest BCUT2D eigenvalue weighted by Crippen LogP contribution is 2.21. The van der Waals surface area contributed by atoms with Crippen LogP contribution in [0, 0.1) is 0 Å². The fraction of sp³-hybridized carbons (Fsp3) is 0.350. The normalized spacial score (nSPS) is 11.4. The van der Waals surface area contributed by atoms with Crippen LogP contribution in [0.15, 0.2) is 58.3 Å². The molecule has 0 spiro atoms. The number of carbonyl (C=O) groups is 1. The van der Waals surface area contributed by atoms with Crippen LogP contribution in [0.4, 0.5) is 5.69 Å². The molecule has 158 valence electrons. The van der Waals surface area contributed by atoms with E-state index >= 15 is 0 Å². The van der Waals surface area contributed by atoms with E-state index < -0.39 is 10.0 Å². The van der Waals surface area contributed by atoms with E-state index in [0.717, 1.165) is 4.90 Å². The topological polar surface area (TPSA) is 84.5 Å². The number of sulfonamides is 1. The summed E-state index contributed by atoms with van der Waals surface area (Å²) in [6, 6.07) is 13.6. The lowest BCUT2D eigenvalue weighted by Crippen LogP contribution is -2.25. The molecule has 2 N–H and O–H groups in total. The Balaban J connectivity index is 1.77. The third-order valence-corrected chi connectivity index (χ3v) is 6.56. The third-order valence-electron chi connectivity index (χ3n) is 3.82. The number of rotatable bonds is 12. The molecule has 0 heterocycles. The van der Waals surface area contributed by atoms with Gasteiger partial charge in [-0.15, -0.1) is 11.8 Å². The molecule has 29 heavy (non-hydrogen) atoms. The van der Waals surface area contributed by atoms with E-state index in [4.69, 9.17) is 16.3 Å². The number of benzene rings is 2. The van der Waals surface area contributed by atoms with Crippen LogP contribution in [0.25, 0.3) is 0 Å². The highest BCUT2D eigenvalue weighted by molar-refractivity contribution is 7.99. The second kappa shape index (κ2) is 12.2. The number of carbonyl (C=O) groups excluding carboxylic acids is 1. The Labute approximate surface area is 181 Å². The number of hydrogen-bond donors (Lipinski definition) is 2. The fourth-order valence-electron chi connectivity index (χ4n) is 2.34. The molecule has 6 nitrogen and oxygen atoms in total. The summed E-state index contributed by atoms with van der Waals surface area (Å²) >= 11 is 7.42. The van der Waals surface area contributed by atoms with Crippen LogP contribution in [-0.4, -0.2) is 39.8 Å². The molecule has 0 aliphatic carbocycles. The van der Waals surface area contributed by atoms with Gasteiger partial charge in [-0.3, -0.25) is 4.79 Å². The van der Waals surface area contributed by atoms with Crippen molar-refractivity contribution in [2.45, 2.75) is 29.6 Å². The van der Waals surface area contributed by atoms with E-state index in [2.05, 4.69) is 10.0 Å². The third kappa shape index (κ3) is 8.76. The number of thioether (sulfide) groups is 1. The molecular formula is C20H25ClN2O4S2. The molecule has 0 aliphatic rings. The van der Waals surface area contributed by atoms with Crippen LogP contribution >= 0.6 is 23.4 Å². The first kappa shape index (κ1) is 23.7. The van der Waals surface area contributed by atoms with Crippen molar-refractivity contribution in [1.29, 1.82) is 0 Å². The van der Waals surface area contributed by atoms with Crippen LogP contribution in [-0.2, 0) is 19.6 Å². The van der Waals surface area contributed by atoms with E-state index in [9.17, 15) is 13.2 Å². The average Bonchev–Trinajstić information content (AvgIpc) is 2.70. The molecule has 0 saturated heterocycles. The summed E-state index contributed by atoms with van der Waals surface area (Å²) in [5.41, 5.74) is 0.557. The van der Waals surface area contributed by atoms with Crippen molar-refractivity contribution in [2.24, 2.45) is 0 Å². The molecule has 2 aromatic rings. The first-order valence-electron chi connectivity index (χ1n) is 9.26. The number of ether oxygens (including phenoxy) is 1. The molecule has 0 saturated carbocycles. The predicted molar refractivity (Wildman–Crippen MR) is 118 cm³/mol. The van der Waals surface area contributed by atoms with Crippen LogP contribution in [0.1, 0.15) is 19.8 Å². The maximum Gasteiger partial charge on any atom is 0.240 e. The molecule has 9 heteroatoms. The molecule has 0 fully saturated rings. The standard InChI is InChI=1S/C20H25ClN2O4S2/c1-2-27-14-3-13-22-29(25,26)19-10-6-17(7-11-19)23-20(24)12-15-28-18-8-4-16(21)5-9-18/h4-11,22H,2-3,12-15H2,1H3,(H,23,24). The molecule has 2 rings (SSSR count). The summed E-state index contributed by atoms with van der Waals surface area (Å²) in [7, 11) is -3.57. The molecular weight excluding hydrogens is 432 g/mol. The summed E-state index contributed by atoms with van der Waals surface area (Å²) in [5.74, 6) is 0.502. The smallest absolute Gasteiger partial charge is 0.240 e. The summed E-state index contributed by atoms with van der Waals surface area (Å²) in [5, 5.41) is 3.46. The Morgan fingerprint density at radius 3 is 2.45 bits per heavy atom. The van der Waals surface area contributed by atoms with Gasteiger partial charge in [0.25, 0.3) is 0 Å². The minimum atomic E-state index is -3.57. The molecule has 2 aromatic carbocycles. The Bertz CT molecular complexity index is 872. The van der Waals surface area contributed by atoms with E-state index in [0.29, 0.717) is 49.1 Å². The van der Waals surface area contributed by atoms with Crippen molar-refractivity contribution in [3.8, 4) is 0 Å². The number of amides is 1. The lowest BCUT2D eigenvalue weighted by Gasteiger charge is -2.09. The average molecular weight is 457 g/mol. The number of halogens is 1. The molecule has 0 radical (unpaired) electrons. The number of anilines is 1. The Morgan fingerprint density at radius 1 is 1.10 bits per heavy atom. The van der Waals surface area contributed by atoms with Gasteiger partial charge < -0.3 is 10.1 Å². The van der Waals surface area contributed by atoms with Gasteiger partial charge in [-0.05, 0) is 61.9 Å². The summed E-state index contributed by atoms with van der Waals surface area (Å²) < 4.78 is 32.2. The van der Waals surface area contributed by atoms with Gasteiger partial charge in [0.15, 0.2) is 0 Å². The Morgan fingerprint density at radius 2 is 1.79 bits per heavy atom. The highest BCUT2D eigenvalue weighted by atomic mass is 35.5. The first-order valence-corrected chi connectivity index (χ1v) is 12.1. The molecule has 0 unspecified atom stereocenters. The van der Waals surface area contributed by atoms with Crippen molar-refractivity contribution in [2.75, 3.05) is 30.8 Å². The first-order chi connectivity index (χ1) is 13.9. The molecule has 1 amide bonds. The fourth-order valence-corrected chi connectivity index (χ4v) is 4.39. The summed E-state index contributed by atoms with van der Waals surface area (Å²) in [4.78, 5) is 13.3. The van der Waals surface area contributed by atoms with Crippen molar-refractivity contribution in [3.63, 3.8) is 0 Å². The molecule has 0 atom stereocenters. The van der Waals surface area contributed by atoms with E-state index in [1.54, 1.807) is 23.9 Å². The van der Waals surface area contributed by atoms with Gasteiger partial charge in [0.1, 0.15) is 0 Å². The van der Waals surface area contributed by atoms with Crippen molar-refractivity contribution in [3.05, 3.63) is 53.6 Å². The molecule has 0 bridgehead atoms.